The fourth-order valence-electron chi connectivity index (χ4n) is 0.764. The van der Waals surface area contributed by atoms with Gasteiger partial charge in [-0.15, -0.1) is 0 Å². The number of diazo groups is 1. The lowest BCUT2D eigenvalue weighted by Crippen LogP contribution is -2.03. The van der Waals surface area contributed by atoms with Gasteiger partial charge in [0.05, 0.1) is 5.56 Å². The van der Waals surface area contributed by atoms with Crippen molar-refractivity contribution in [2.24, 2.45) is 0 Å². The van der Waals surface area contributed by atoms with Crippen LogP contribution in [0, 0.1) is 5.39 Å². The first kappa shape index (κ1) is 9.81. The molecule has 68 valence electrons. The molecule has 0 unspecified atom stereocenters. The third-order valence-corrected chi connectivity index (χ3v) is 1.69. The van der Waals surface area contributed by atoms with Gasteiger partial charge in [0.2, 0.25) is 5.39 Å². The molecule has 0 heterocycles. The molecule has 0 aliphatic heterocycles. The largest absolute Gasteiger partial charge is 0.416 e. The molecular weight excluding hydrogens is 205 g/mol. The van der Waals surface area contributed by atoms with Crippen molar-refractivity contribution in [2.75, 3.05) is 0 Å². The quantitative estimate of drug-likeness (QED) is 0.594. The Bertz CT molecular complexity index is 367. The lowest BCUT2D eigenvalue weighted by atomic mass is 10.2. The summed E-state index contributed by atoms with van der Waals surface area (Å²) in [5.41, 5.74) is -0.959. The fraction of sp³-hybridized carbons (Fsp3) is 0.143. The van der Waals surface area contributed by atoms with Crippen LogP contribution in [0.1, 0.15) is 5.56 Å². The minimum absolute atomic E-state index is 0.0883. The van der Waals surface area contributed by atoms with Gasteiger partial charge < -0.3 is 0 Å². The Morgan fingerprint density at radius 3 is 2.31 bits per heavy atom. The van der Waals surface area contributed by atoms with Crippen molar-refractivity contribution in [2.45, 2.75) is 6.18 Å². The molecule has 0 bridgehead atoms. The molecule has 0 atom stereocenters. The number of hydrogen-bond acceptors (Lipinski definition) is 1. The lowest BCUT2D eigenvalue weighted by molar-refractivity contribution is -0.137. The molecule has 0 aliphatic rings. The number of rotatable bonds is 0. The van der Waals surface area contributed by atoms with E-state index in [0.29, 0.717) is 6.07 Å². The number of benzene rings is 1. The van der Waals surface area contributed by atoms with Crippen LogP contribution in [0.4, 0.5) is 18.9 Å². The van der Waals surface area contributed by atoms with Crippen LogP contribution in [0.15, 0.2) is 18.2 Å². The van der Waals surface area contributed by atoms with E-state index in [0.717, 1.165) is 12.1 Å². The van der Waals surface area contributed by atoms with Gasteiger partial charge in [-0.1, -0.05) is 11.6 Å². The van der Waals surface area contributed by atoms with Gasteiger partial charge in [0.25, 0.3) is 0 Å². The van der Waals surface area contributed by atoms with Gasteiger partial charge >= 0.3 is 11.9 Å². The monoisotopic (exact) mass is 207 g/mol. The highest BCUT2D eigenvalue weighted by Crippen LogP contribution is 2.34. The van der Waals surface area contributed by atoms with E-state index in [1.807, 2.05) is 0 Å². The van der Waals surface area contributed by atoms with Crippen molar-refractivity contribution in [3.8, 4) is 0 Å². The molecule has 0 saturated heterocycles. The van der Waals surface area contributed by atoms with E-state index >= 15 is 0 Å². The number of nitrogens with zero attached hydrogens (tertiary/aromatic N) is 2. The molecule has 0 amide bonds. The summed E-state index contributed by atoms with van der Waals surface area (Å²) in [7, 11) is 0. The number of halogens is 4. The Morgan fingerprint density at radius 2 is 1.92 bits per heavy atom. The molecule has 1 aromatic rings. The molecular formula is C7H3ClF3N2+. The second-order valence-electron chi connectivity index (χ2n) is 2.26. The number of hydrogen-bond donors (Lipinski definition) is 0. The summed E-state index contributed by atoms with van der Waals surface area (Å²) in [6.45, 7) is 0. The van der Waals surface area contributed by atoms with E-state index in [2.05, 4.69) is 4.98 Å². The van der Waals surface area contributed by atoms with E-state index in [-0.39, 0.29) is 10.7 Å². The Kier molecular flexibility index (Phi) is 2.43. The molecule has 0 aromatic heterocycles. The maximum atomic E-state index is 12.1. The van der Waals surface area contributed by atoms with Gasteiger partial charge in [-0.3, -0.25) is 0 Å². The predicted octanol–water partition coefficient (Wildman–Crippen LogP) is 3.84. The zero-order chi connectivity index (χ0) is 10.1. The van der Waals surface area contributed by atoms with Crippen molar-refractivity contribution in [1.82, 2.24) is 0 Å². The highest BCUT2D eigenvalue weighted by Gasteiger charge is 2.32. The molecule has 0 spiro atoms. The van der Waals surface area contributed by atoms with Crippen LogP contribution in [0.2, 0.25) is 5.02 Å². The molecule has 13 heavy (non-hydrogen) atoms. The van der Waals surface area contributed by atoms with Crippen molar-refractivity contribution < 1.29 is 13.2 Å². The highest BCUT2D eigenvalue weighted by molar-refractivity contribution is 6.33. The van der Waals surface area contributed by atoms with Gasteiger partial charge in [0.15, 0.2) is 4.98 Å². The van der Waals surface area contributed by atoms with Crippen LogP contribution in [-0.4, -0.2) is 0 Å². The third-order valence-electron chi connectivity index (χ3n) is 1.38. The Morgan fingerprint density at radius 1 is 1.31 bits per heavy atom. The van der Waals surface area contributed by atoms with E-state index in [1.54, 1.807) is 0 Å². The van der Waals surface area contributed by atoms with Crippen LogP contribution >= 0.6 is 11.6 Å². The normalized spacial score (nSPS) is 11.0. The first-order valence-electron chi connectivity index (χ1n) is 3.17. The van der Waals surface area contributed by atoms with E-state index < -0.39 is 11.7 Å². The van der Waals surface area contributed by atoms with Crippen LogP contribution in [0.3, 0.4) is 0 Å². The summed E-state index contributed by atoms with van der Waals surface area (Å²) in [6.07, 6.45) is -4.43. The van der Waals surface area contributed by atoms with E-state index in [1.165, 1.54) is 0 Å². The van der Waals surface area contributed by atoms with Gasteiger partial charge in [0.1, 0.15) is 5.02 Å². The maximum Gasteiger partial charge on any atom is 0.416 e. The first-order chi connectivity index (χ1) is 5.95. The van der Waals surface area contributed by atoms with Crippen LogP contribution in [-0.2, 0) is 6.18 Å². The summed E-state index contributed by atoms with van der Waals surface area (Å²) in [6, 6.07) is 2.49. The minimum Gasteiger partial charge on any atom is -0.166 e. The lowest BCUT2D eigenvalue weighted by Gasteiger charge is -2.04. The Hall–Kier alpha value is -1.28. The first-order valence-corrected chi connectivity index (χ1v) is 3.55. The maximum absolute atomic E-state index is 12.1. The molecule has 6 heteroatoms. The topological polar surface area (TPSA) is 28.1 Å². The molecule has 1 aromatic carbocycles. The highest BCUT2D eigenvalue weighted by atomic mass is 35.5. The standard InChI is InChI=1S/C7H3ClF3N2/c8-5-3-4(7(9,10)11)1-2-6(5)13-12/h1-3H/q+1. The van der Waals surface area contributed by atoms with Gasteiger partial charge in [-0.2, -0.15) is 13.2 Å². The third kappa shape index (κ3) is 2.10. The Labute approximate surface area is 76.6 Å². The van der Waals surface area contributed by atoms with Gasteiger partial charge in [0, 0.05) is 6.07 Å². The van der Waals surface area contributed by atoms with Crippen molar-refractivity contribution >= 4 is 17.3 Å². The molecule has 0 N–H and O–H groups in total. The van der Waals surface area contributed by atoms with Crippen molar-refractivity contribution in [3.63, 3.8) is 0 Å². The van der Waals surface area contributed by atoms with Crippen LogP contribution in [0.5, 0.6) is 0 Å². The van der Waals surface area contributed by atoms with E-state index in [9.17, 15) is 13.2 Å². The molecule has 0 radical (unpaired) electrons. The SMILES string of the molecule is N#[N+]c1ccc(C(F)(F)F)cc1Cl. The van der Waals surface area contributed by atoms with E-state index in [4.69, 9.17) is 17.0 Å². The molecule has 1 rings (SSSR count). The summed E-state index contributed by atoms with van der Waals surface area (Å²) in [5.74, 6) is 0. The van der Waals surface area contributed by atoms with Crippen molar-refractivity contribution in [1.29, 1.82) is 5.39 Å². The average Bonchev–Trinajstić information content (AvgIpc) is 2.02. The zero-order valence-corrected chi connectivity index (χ0v) is 6.89. The summed E-state index contributed by atoms with van der Waals surface area (Å²) < 4.78 is 36.2. The van der Waals surface area contributed by atoms with Crippen molar-refractivity contribution in [3.05, 3.63) is 33.8 Å². The zero-order valence-electron chi connectivity index (χ0n) is 6.14. The summed E-state index contributed by atoms with van der Waals surface area (Å²) in [5, 5.41) is 8.03. The minimum atomic E-state index is -4.43. The smallest absolute Gasteiger partial charge is 0.166 e. The summed E-state index contributed by atoms with van der Waals surface area (Å²) in [4.78, 5) is 2.69. The fourth-order valence-corrected chi connectivity index (χ4v) is 0.983. The predicted molar refractivity (Wildman–Crippen MR) is 41.2 cm³/mol. The van der Waals surface area contributed by atoms with Gasteiger partial charge in [-0.25, -0.2) is 0 Å². The Balaban J connectivity index is 3.20. The second-order valence-corrected chi connectivity index (χ2v) is 2.67. The average molecular weight is 208 g/mol. The summed E-state index contributed by atoms with van der Waals surface area (Å²) >= 11 is 5.38. The number of alkyl halides is 3. The van der Waals surface area contributed by atoms with Crippen LogP contribution in [0.25, 0.3) is 4.98 Å². The van der Waals surface area contributed by atoms with Crippen LogP contribution < -0.4 is 0 Å². The van der Waals surface area contributed by atoms with Gasteiger partial charge in [-0.05, 0) is 12.1 Å². The molecule has 0 aliphatic carbocycles. The molecule has 0 saturated carbocycles. The molecule has 2 nitrogen and oxygen atoms in total. The second kappa shape index (κ2) is 3.23. The molecule has 0 fully saturated rings.